The number of carbonyl (C=O) groups is 3. The summed E-state index contributed by atoms with van der Waals surface area (Å²) in [6, 6.07) is 0. The normalized spacial score (nSPS) is 13.6. The lowest BCUT2D eigenvalue weighted by atomic mass is 10.1. The van der Waals surface area contributed by atoms with Gasteiger partial charge in [-0.1, -0.05) is 196 Å². The van der Waals surface area contributed by atoms with Crippen LogP contribution in [0.2, 0.25) is 0 Å². The average molecular weight is 1000 g/mol. The van der Waals surface area contributed by atoms with Crippen LogP contribution in [0.1, 0.15) is 266 Å². The Morgan fingerprint density at radius 3 is 1.30 bits per heavy atom. The van der Waals surface area contributed by atoms with Crippen LogP contribution in [0, 0.1) is 0 Å². The topological polar surface area (TPSA) is 133 Å². The van der Waals surface area contributed by atoms with E-state index >= 15 is 0 Å². The summed E-state index contributed by atoms with van der Waals surface area (Å²) in [5.74, 6) is -0.783. The molecule has 1 atom stereocenters. The van der Waals surface area contributed by atoms with Gasteiger partial charge in [-0.15, -0.1) is 0 Å². The van der Waals surface area contributed by atoms with Crippen LogP contribution in [-0.2, 0) is 38.0 Å². The fraction of sp³-hybridized carbons (Fsp3) is 0.948. The fourth-order valence-corrected chi connectivity index (χ4v) is 8.35. The molecule has 0 aromatic heterocycles. The van der Waals surface area contributed by atoms with Crippen LogP contribution in [-0.4, -0.2) is 125 Å². The van der Waals surface area contributed by atoms with Crippen molar-refractivity contribution in [3.63, 3.8) is 0 Å². The molecule has 12 heteroatoms. The molecule has 0 spiro atoms. The van der Waals surface area contributed by atoms with Gasteiger partial charge in [-0.3, -0.25) is 4.79 Å². The molecule has 1 amide bonds. The Labute approximate surface area is 432 Å². The second-order valence-electron chi connectivity index (χ2n) is 19.4. The highest BCUT2D eigenvalue weighted by molar-refractivity contribution is 5.67. The maximum atomic E-state index is 11.9. The average Bonchev–Trinajstić information content (AvgIpc) is 3.37. The summed E-state index contributed by atoms with van der Waals surface area (Å²) in [5, 5.41) is 8.88. The SMILES string of the molecule is CCCCCCCCCOC(CCC(=O)O)OCCCCCCCCC.CCCCCCCCCOC(CCC=O)OCCCCCCCCC.CCN(CC)CCCOC(=O)N1CCCC(OC)C1. The third kappa shape index (κ3) is 51.1. The van der Waals surface area contributed by atoms with Crippen molar-refractivity contribution in [3.05, 3.63) is 0 Å². The Morgan fingerprint density at radius 2 is 0.943 bits per heavy atom. The number of hydrogen-bond acceptors (Lipinski definition) is 10. The summed E-state index contributed by atoms with van der Waals surface area (Å²) in [6.45, 7) is 21.2. The molecule has 1 fully saturated rings. The van der Waals surface area contributed by atoms with Crippen molar-refractivity contribution in [1.29, 1.82) is 0 Å². The molecule has 1 heterocycles. The zero-order valence-electron chi connectivity index (χ0n) is 47.1. The molecular formula is C58H116N2O10. The molecule has 1 aliphatic heterocycles. The Hall–Kier alpha value is -1.83. The number of methoxy groups -OCH3 is 1. The van der Waals surface area contributed by atoms with E-state index in [-0.39, 0.29) is 31.2 Å². The van der Waals surface area contributed by atoms with Gasteiger partial charge in [0, 0.05) is 65.9 Å². The molecule has 70 heavy (non-hydrogen) atoms. The van der Waals surface area contributed by atoms with Crippen LogP contribution in [0.3, 0.4) is 0 Å². The number of aliphatic carboxylic acids is 1. The van der Waals surface area contributed by atoms with Crippen LogP contribution in [0.5, 0.6) is 0 Å². The highest BCUT2D eigenvalue weighted by Crippen LogP contribution is 2.16. The molecule has 0 aliphatic carbocycles. The Kier molecular flexibility index (Phi) is 58.3. The number of rotatable bonds is 49. The monoisotopic (exact) mass is 1000 g/mol. The number of hydrogen-bond donors (Lipinski definition) is 1. The number of amides is 1. The van der Waals surface area contributed by atoms with Crippen molar-refractivity contribution in [2.24, 2.45) is 0 Å². The number of carboxylic acid groups (broad SMARTS) is 1. The van der Waals surface area contributed by atoms with Gasteiger partial charge >= 0.3 is 12.1 Å². The molecule has 0 saturated carbocycles. The van der Waals surface area contributed by atoms with Gasteiger partial charge in [-0.25, -0.2) is 4.79 Å². The van der Waals surface area contributed by atoms with E-state index in [2.05, 4.69) is 46.4 Å². The van der Waals surface area contributed by atoms with Gasteiger partial charge in [0.25, 0.3) is 0 Å². The second-order valence-corrected chi connectivity index (χ2v) is 19.4. The Morgan fingerprint density at radius 1 is 0.557 bits per heavy atom. The van der Waals surface area contributed by atoms with Gasteiger partial charge in [0.1, 0.15) is 6.29 Å². The molecule has 1 saturated heterocycles. The number of carboxylic acids is 1. The zero-order valence-corrected chi connectivity index (χ0v) is 47.1. The van der Waals surface area contributed by atoms with E-state index in [4.69, 9.17) is 33.5 Å². The number of nitrogens with zero attached hydrogens (tertiary/aromatic N) is 2. The molecule has 1 rings (SSSR count). The highest BCUT2D eigenvalue weighted by atomic mass is 16.7. The maximum Gasteiger partial charge on any atom is 0.409 e. The van der Waals surface area contributed by atoms with Crippen molar-refractivity contribution in [2.75, 3.05) is 72.9 Å². The summed E-state index contributed by atoms with van der Waals surface area (Å²) in [4.78, 5) is 37.4. The van der Waals surface area contributed by atoms with E-state index in [9.17, 15) is 14.4 Å². The van der Waals surface area contributed by atoms with E-state index in [1.54, 1.807) is 12.0 Å². The molecule has 418 valence electrons. The molecule has 0 bridgehead atoms. The lowest BCUT2D eigenvalue weighted by Crippen LogP contribution is -2.43. The minimum atomic E-state index is -0.783. The summed E-state index contributed by atoms with van der Waals surface area (Å²) in [5.41, 5.74) is 0. The van der Waals surface area contributed by atoms with Crippen LogP contribution in [0.4, 0.5) is 4.79 Å². The predicted octanol–water partition coefficient (Wildman–Crippen LogP) is 15.5. The summed E-state index contributed by atoms with van der Waals surface area (Å²) in [6.07, 6.45) is 40.6. The van der Waals surface area contributed by atoms with E-state index in [0.29, 0.717) is 45.6 Å². The van der Waals surface area contributed by atoms with Crippen molar-refractivity contribution in [3.8, 4) is 0 Å². The molecule has 12 nitrogen and oxygen atoms in total. The molecule has 0 aromatic rings. The van der Waals surface area contributed by atoms with Gasteiger partial charge in [-0.2, -0.15) is 0 Å². The second kappa shape index (κ2) is 58.1. The third-order valence-electron chi connectivity index (χ3n) is 13.0. The molecule has 1 unspecified atom stereocenters. The first-order chi connectivity index (χ1) is 34.3. The number of likely N-dealkylation sites (tertiary alicyclic amines) is 1. The smallest absolute Gasteiger partial charge is 0.409 e. The van der Waals surface area contributed by atoms with Crippen molar-refractivity contribution in [1.82, 2.24) is 9.80 Å². The van der Waals surface area contributed by atoms with Crippen molar-refractivity contribution < 1.29 is 47.9 Å². The van der Waals surface area contributed by atoms with Crippen molar-refractivity contribution in [2.45, 2.75) is 285 Å². The molecular weight excluding hydrogens is 885 g/mol. The molecule has 1 aliphatic rings. The summed E-state index contributed by atoms with van der Waals surface area (Å²) >= 11 is 0. The van der Waals surface area contributed by atoms with E-state index < -0.39 is 5.97 Å². The highest BCUT2D eigenvalue weighted by Gasteiger charge is 2.24. The van der Waals surface area contributed by atoms with Gasteiger partial charge < -0.3 is 48.1 Å². The number of piperidine rings is 1. The van der Waals surface area contributed by atoms with Crippen LogP contribution < -0.4 is 0 Å². The fourth-order valence-electron chi connectivity index (χ4n) is 8.35. The van der Waals surface area contributed by atoms with Gasteiger partial charge in [0.05, 0.1) is 25.7 Å². The maximum absolute atomic E-state index is 11.9. The van der Waals surface area contributed by atoms with Crippen LogP contribution in [0.15, 0.2) is 0 Å². The number of aldehydes is 1. The molecule has 0 radical (unpaired) electrons. The minimum Gasteiger partial charge on any atom is -0.481 e. The number of carbonyl (C=O) groups excluding carboxylic acids is 2. The quantitative estimate of drug-likeness (QED) is 0.0355. The first-order valence-corrected chi connectivity index (χ1v) is 29.5. The van der Waals surface area contributed by atoms with Gasteiger partial charge in [0.2, 0.25) is 0 Å². The Balaban J connectivity index is 0. The molecule has 1 N–H and O–H groups in total. The Bertz CT molecular complexity index is 1030. The molecule has 0 aromatic carbocycles. The van der Waals surface area contributed by atoms with Crippen LogP contribution in [0.25, 0.3) is 0 Å². The third-order valence-corrected chi connectivity index (χ3v) is 13.0. The zero-order chi connectivity index (χ0) is 51.8. The lowest BCUT2D eigenvalue weighted by Gasteiger charge is -2.31. The first-order valence-electron chi connectivity index (χ1n) is 29.5. The van der Waals surface area contributed by atoms with E-state index in [0.717, 1.165) is 90.6 Å². The van der Waals surface area contributed by atoms with Gasteiger partial charge in [-0.05, 0) is 58.0 Å². The van der Waals surface area contributed by atoms with Crippen molar-refractivity contribution >= 4 is 18.3 Å². The van der Waals surface area contributed by atoms with Gasteiger partial charge in [0.15, 0.2) is 12.6 Å². The summed E-state index contributed by atoms with van der Waals surface area (Å²) in [7, 11) is 1.70. The van der Waals surface area contributed by atoms with E-state index in [1.807, 2.05) is 0 Å². The van der Waals surface area contributed by atoms with E-state index in [1.165, 1.54) is 154 Å². The first kappa shape index (κ1) is 70.2. The standard InChI is InChI=1S/C22H44O4.C22H44O3.C14H28N2O3/c1-3-5-7-9-11-13-15-19-25-22(18-17-21(23)24)26-20-16-14-12-10-8-6-4-2;1-3-5-7-9-11-13-15-20-24-22(18-17-19-23)25-21-16-14-12-10-8-6-4-2;1-4-15(5-2)9-7-11-19-14(17)16-10-6-8-13(12-16)18-3/h22H,3-20H2,1-2H3,(H,23,24);19,22H,3-18,20-21H2,1-2H3;13H,4-12H2,1-3H3. The predicted molar refractivity (Wildman–Crippen MR) is 291 cm³/mol. The minimum absolute atomic E-state index is 0.110. The lowest BCUT2D eigenvalue weighted by molar-refractivity contribution is -0.156. The number of ether oxygens (including phenoxy) is 6. The number of unbranched alkanes of at least 4 members (excludes halogenated alkanes) is 24. The van der Waals surface area contributed by atoms with Crippen LogP contribution >= 0.6 is 0 Å². The summed E-state index contributed by atoms with van der Waals surface area (Å²) < 4.78 is 33.9. The largest absolute Gasteiger partial charge is 0.481 e.